The molecule has 2 aromatic carbocycles. The van der Waals surface area contributed by atoms with Gasteiger partial charge in [-0.05, 0) is 49.2 Å². The molecule has 0 bridgehead atoms. The van der Waals surface area contributed by atoms with Crippen LogP contribution in [-0.4, -0.2) is 51.3 Å². The number of nitrogens with one attached hydrogen (secondary N) is 1. The van der Waals surface area contributed by atoms with Crippen molar-refractivity contribution < 1.29 is 17.5 Å². The first-order valence-corrected chi connectivity index (χ1v) is 11.9. The average molecular weight is 561 g/mol. The Hall–Kier alpha value is -1.72. The molecule has 1 N–H and O–H groups in total. The summed E-state index contributed by atoms with van der Waals surface area (Å²) in [6.45, 7) is 6.47. The van der Waals surface area contributed by atoms with E-state index in [9.17, 15) is 12.8 Å². The van der Waals surface area contributed by atoms with E-state index in [1.165, 1.54) is 18.4 Å². The smallest absolute Gasteiger partial charge is 0.194 e. The van der Waals surface area contributed by atoms with Crippen molar-refractivity contribution in [1.29, 1.82) is 0 Å². The lowest BCUT2D eigenvalue weighted by molar-refractivity contribution is -0.0605. The van der Waals surface area contributed by atoms with E-state index in [1.54, 1.807) is 36.4 Å². The summed E-state index contributed by atoms with van der Waals surface area (Å²) in [4.78, 5) is 7.19. The molecule has 1 saturated heterocycles. The highest BCUT2D eigenvalue weighted by Gasteiger charge is 2.28. The number of benzene rings is 2. The van der Waals surface area contributed by atoms with Crippen LogP contribution in [-0.2, 0) is 21.1 Å². The topological polar surface area (TPSA) is 71.0 Å². The molecule has 0 radical (unpaired) electrons. The van der Waals surface area contributed by atoms with E-state index in [-0.39, 0.29) is 42.0 Å². The van der Waals surface area contributed by atoms with Crippen LogP contribution in [0.2, 0.25) is 0 Å². The maximum Gasteiger partial charge on any atom is 0.194 e. The number of aliphatic imine (C=N–C) groups is 1. The number of ether oxygens (including phenoxy) is 1. The maximum atomic E-state index is 13.3. The molecule has 31 heavy (non-hydrogen) atoms. The summed E-state index contributed by atoms with van der Waals surface area (Å²) in [5.74, 6) is 0.503. The van der Waals surface area contributed by atoms with Gasteiger partial charge in [-0.1, -0.05) is 24.3 Å². The quantitative estimate of drug-likeness (QED) is 0.342. The van der Waals surface area contributed by atoms with Crippen LogP contribution in [0.5, 0.6) is 0 Å². The molecule has 2 atom stereocenters. The Morgan fingerprint density at radius 2 is 1.81 bits per heavy atom. The minimum Gasteiger partial charge on any atom is -0.367 e. The molecule has 1 heterocycles. The first-order valence-electron chi connectivity index (χ1n) is 9.99. The molecule has 9 heteroatoms. The molecule has 2 unspecified atom stereocenters. The van der Waals surface area contributed by atoms with Gasteiger partial charge in [0.15, 0.2) is 15.8 Å². The number of hydrogen-bond donors (Lipinski definition) is 1. The first-order chi connectivity index (χ1) is 14.3. The Labute approximate surface area is 200 Å². The molecule has 3 rings (SSSR count). The number of nitrogens with zero attached hydrogens (tertiary/aromatic N) is 2. The molecule has 6 nitrogen and oxygen atoms in total. The van der Waals surface area contributed by atoms with Gasteiger partial charge in [0.25, 0.3) is 0 Å². The highest BCUT2D eigenvalue weighted by atomic mass is 127. The Morgan fingerprint density at radius 3 is 2.39 bits per heavy atom. The number of guanidine groups is 1. The zero-order valence-corrected chi connectivity index (χ0v) is 21.1. The van der Waals surface area contributed by atoms with E-state index in [0.717, 1.165) is 23.6 Å². The fourth-order valence-corrected chi connectivity index (χ4v) is 4.05. The third-order valence-electron chi connectivity index (χ3n) is 4.90. The van der Waals surface area contributed by atoms with E-state index in [1.807, 2.05) is 13.8 Å². The van der Waals surface area contributed by atoms with Gasteiger partial charge in [-0.25, -0.2) is 17.8 Å². The van der Waals surface area contributed by atoms with Crippen molar-refractivity contribution in [3.05, 3.63) is 65.5 Å². The van der Waals surface area contributed by atoms with Crippen LogP contribution in [0, 0.1) is 5.82 Å². The first kappa shape index (κ1) is 25.5. The molecular formula is C22H29FIN3O3S. The van der Waals surface area contributed by atoms with Crippen molar-refractivity contribution in [2.24, 2.45) is 4.99 Å². The van der Waals surface area contributed by atoms with Gasteiger partial charge in [-0.3, -0.25) is 0 Å². The molecule has 0 spiro atoms. The Kier molecular flexibility index (Phi) is 9.26. The van der Waals surface area contributed by atoms with Crippen molar-refractivity contribution in [2.45, 2.75) is 37.5 Å². The lowest BCUT2D eigenvalue weighted by atomic mass is 10.1. The summed E-state index contributed by atoms with van der Waals surface area (Å²) in [5, 5.41) is 3.32. The second-order valence-corrected chi connectivity index (χ2v) is 9.49. The highest BCUT2D eigenvalue weighted by Crippen LogP contribution is 2.25. The predicted octanol–water partition coefficient (Wildman–Crippen LogP) is 3.77. The minimum absolute atomic E-state index is 0. The third-order valence-corrected chi connectivity index (χ3v) is 6.03. The molecule has 170 valence electrons. The SMILES string of the molecule is CCNC(=NCc1ccc(S(C)(=O)=O)cc1)N1CC(C)OC(c2ccc(F)cc2)C1.I. The van der Waals surface area contributed by atoms with Crippen LogP contribution >= 0.6 is 24.0 Å². The molecule has 0 saturated carbocycles. The normalized spacial score (nSPS) is 19.6. The number of morpholine rings is 1. The monoisotopic (exact) mass is 561 g/mol. The van der Waals surface area contributed by atoms with E-state index >= 15 is 0 Å². The summed E-state index contributed by atoms with van der Waals surface area (Å²) >= 11 is 0. The third kappa shape index (κ3) is 7.15. The number of hydrogen-bond acceptors (Lipinski definition) is 4. The number of sulfone groups is 1. The second kappa shape index (κ2) is 11.2. The van der Waals surface area contributed by atoms with Crippen molar-refractivity contribution in [3.8, 4) is 0 Å². The lowest BCUT2D eigenvalue weighted by Gasteiger charge is -2.38. The second-order valence-electron chi connectivity index (χ2n) is 7.48. The molecule has 0 aromatic heterocycles. The predicted molar refractivity (Wildman–Crippen MR) is 131 cm³/mol. The molecule has 2 aromatic rings. The van der Waals surface area contributed by atoms with E-state index < -0.39 is 9.84 Å². The molecule has 0 aliphatic carbocycles. The fraction of sp³-hybridized carbons (Fsp3) is 0.409. The fourth-order valence-electron chi connectivity index (χ4n) is 3.42. The molecule has 1 aliphatic rings. The van der Waals surface area contributed by atoms with E-state index in [4.69, 9.17) is 9.73 Å². The summed E-state index contributed by atoms with van der Waals surface area (Å²) in [6, 6.07) is 13.2. The Balaban J connectivity index is 0.00000341. The lowest BCUT2D eigenvalue weighted by Crippen LogP contribution is -2.50. The van der Waals surface area contributed by atoms with Gasteiger partial charge in [0.2, 0.25) is 0 Å². The average Bonchev–Trinajstić information content (AvgIpc) is 2.71. The summed E-state index contributed by atoms with van der Waals surface area (Å²) in [5.41, 5.74) is 1.86. The zero-order valence-electron chi connectivity index (χ0n) is 17.9. The van der Waals surface area contributed by atoms with Crippen molar-refractivity contribution in [1.82, 2.24) is 10.2 Å². The summed E-state index contributed by atoms with van der Waals surface area (Å²) in [6.07, 6.45) is 1.01. The number of rotatable bonds is 5. The van der Waals surface area contributed by atoms with Gasteiger partial charge in [0.1, 0.15) is 11.9 Å². The largest absolute Gasteiger partial charge is 0.367 e. The molecule has 0 amide bonds. The maximum absolute atomic E-state index is 13.3. The van der Waals surface area contributed by atoms with Crippen LogP contribution in [0.1, 0.15) is 31.1 Å². The van der Waals surface area contributed by atoms with Gasteiger partial charge in [-0.2, -0.15) is 0 Å². The van der Waals surface area contributed by atoms with Crippen LogP contribution in [0.4, 0.5) is 4.39 Å². The standard InChI is InChI=1S/C22H28FN3O3S.HI/c1-4-24-22(25-13-17-5-11-20(12-6-17)30(3,27)28)26-14-16(2)29-21(15-26)18-7-9-19(23)10-8-18;/h5-12,16,21H,4,13-15H2,1-3H3,(H,24,25);1H. The highest BCUT2D eigenvalue weighted by molar-refractivity contribution is 14.0. The van der Waals surface area contributed by atoms with Crippen LogP contribution in [0.25, 0.3) is 0 Å². The van der Waals surface area contributed by atoms with Crippen molar-refractivity contribution in [3.63, 3.8) is 0 Å². The van der Waals surface area contributed by atoms with Gasteiger partial charge < -0.3 is 15.0 Å². The van der Waals surface area contributed by atoms with E-state index in [0.29, 0.717) is 24.5 Å². The van der Waals surface area contributed by atoms with Crippen molar-refractivity contribution in [2.75, 3.05) is 25.9 Å². The summed E-state index contributed by atoms with van der Waals surface area (Å²) in [7, 11) is -3.21. The summed E-state index contributed by atoms with van der Waals surface area (Å²) < 4.78 is 42.6. The van der Waals surface area contributed by atoms with Crippen molar-refractivity contribution >= 4 is 39.8 Å². The molecular weight excluding hydrogens is 532 g/mol. The van der Waals surface area contributed by atoms with Gasteiger partial charge in [0.05, 0.1) is 24.1 Å². The Bertz CT molecular complexity index is 982. The van der Waals surface area contributed by atoms with E-state index in [2.05, 4.69) is 10.2 Å². The van der Waals surface area contributed by atoms with Gasteiger partial charge in [-0.15, -0.1) is 24.0 Å². The Morgan fingerprint density at radius 1 is 1.16 bits per heavy atom. The van der Waals surface area contributed by atoms with Gasteiger partial charge in [0, 0.05) is 19.3 Å². The number of halogens is 2. The molecule has 1 fully saturated rings. The minimum atomic E-state index is -3.21. The van der Waals surface area contributed by atoms with Crippen LogP contribution in [0.3, 0.4) is 0 Å². The van der Waals surface area contributed by atoms with Crippen LogP contribution < -0.4 is 5.32 Å². The molecule has 1 aliphatic heterocycles. The van der Waals surface area contributed by atoms with Gasteiger partial charge >= 0.3 is 0 Å². The van der Waals surface area contributed by atoms with Crippen LogP contribution in [0.15, 0.2) is 58.4 Å². The zero-order chi connectivity index (χ0) is 21.7.